The molecule has 1 heterocycles. The molecule has 7 heteroatoms. The van der Waals surface area contributed by atoms with Crippen LogP contribution >= 0.6 is 0 Å². The Morgan fingerprint density at radius 1 is 1.50 bits per heavy atom. The van der Waals surface area contributed by atoms with Crippen LogP contribution < -0.4 is 11.1 Å². The molecular formula is C13H16F3N3O. The first kappa shape index (κ1) is 14.6. The second-order valence-electron chi connectivity index (χ2n) is 5.01. The number of aromatic nitrogens is 1. The Morgan fingerprint density at radius 2 is 2.20 bits per heavy atom. The molecule has 0 radical (unpaired) electrons. The van der Waals surface area contributed by atoms with Crippen molar-refractivity contribution in [1.29, 1.82) is 0 Å². The van der Waals surface area contributed by atoms with E-state index >= 15 is 0 Å². The van der Waals surface area contributed by atoms with E-state index < -0.39 is 24.9 Å². The van der Waals surface area contributed by atoms with Gasteiger partial charge in [0.05, 0.1) is 12.5 Å². The molecule has 1 amide bonds. The highest BCUT2D eigenvalue weighted by atomic mass is 19.4. The van der Waals surface area contributed by atoms with Crippen LogP contribution in [0.1, 0.15) is 37.3 Å². The normalized spacial score (nSPS) is 16.8. The lowest BCUT2D eigenvalue weighted by Gasteiger charge is -2.19. The Bertz CT molecular complexity index is 486. The Morgan fingerprint density at radius 3 is 2.75 bits per heavy atom. The molecule has 1 atom stereocenters. The Balaban J connectivity index is 1.98. The van der Waals surface area contributed by atoms with Crippen molar-refractivity contribution in [2.75, 3.05) is 5.73 Å². The average Bonchev–Trinajstić information content (AvgIpc) is 3.17. The van der Waals surface area contributed by atoms with Crippen molar-refractivity contribution >= 4 is 11.7 Å². The fraction of sp³-hybridized carbons (Fsp3) is 0.538. The van der Waals surface area contributed by atoms with E-state index in [2.05, 4.69) is 10.3 Å². The Hall–Kier alpha value is -1.79. The first-order chi connectivity index (χ1) is 9.35. The van der Waals surface area contributed by atoms with E-state index in [1.165, 1.54) is 6.20 Å². The number of amides is 1. The number of pyridine rings is 1. The lowest BCUT2D eigenvalue weighted by Crippen LogP contribution is -2.30. The molecule has 1 aromatic rings. The van der Waals surface area contributed by atoms with Gasteiger partial charge in [0.15, 0.2) is 0 Å². The number of alkyl halides is 3. The molecule has 1 unspecified atom stereocenters. The number of nitrogens with one attached hydrogen (secondary N) is 1. The number of nitrogens with two attached hydrogens (primary N) is 1. The number of carbonyl (C=O) groups excluding carboxylic acids is 1. The highest BCUT2D eigenvalue weighted by Gasteiger charge is 2.34. The summed E-state index contributed by atoms with van der Waals surface area (Å²) in [7, 11) is 0. The smallest absolute Gasteiger partial charge is 0.384 e. The summed E-state index contributed by atoms with van der Waals surface area (Å²) >= 11 is 0. The molecule has 0 aromatic carbocycles. The fourth-order valence-electron chi connectivity index (χ4n) is 2.06. The molecule has 110 valence electrons. The second-order valence-corrected chi connectivity index (χ2v) is 5.01. The van der Waals surface area contributed by atoms with E-state index in [1.54, 1.807) is 12.1 Å². The molecule has 3 N–H and O–H groups in total. The summed E-state index contributed by atoms with van der Waals surface area (Å²) in [5.41, 5.74) is 6.38. The summed E-state index contributed by atoms with van der Waals surface area (Å²) in [4.78, 5) is 15.5. The molecule has 1 aliphatic carbocycles. The van der Waals surface area contributed by atoms with Gasteiger partial charge in [-0.2, -0.15) is 13.2 Å². The Kier molecular flexibility index (Phi) is 4.15. The third-order valence-corrected chi connectivity index (χ3v) is 3.21. The van der Waals surface area contributed by atoms with Gasteiger partial charge < -0.3 is 11.1 Å². The van der Waals surface area contributed by atoms with Crippen molar-refractivity contribution in [1.82, 2.24) is 10.3 Å². The Labute approximate surface area is 114 Å². The van der Waals surface area contributed by atoms with Gasteiger partial charge in [-0.15, -0.1) is 0 Å². The number of hydrogen-bond donors (Lipinski definition) is 2. The molecule has 0 aliphatic heterocycles. The van der Waals surface area contributed by atoms with Gasteiger partial charge >= 0.3 is 6.18 Å². The third-order valence-electron chi connectivity index (χ3n) is 3.21. The van der Waals surface area contributed by atoms with E-state index in [-0.39, 0.29) is 12.0 Å². The van der Waals surface area contributed by atoms with Gasteiger partial charge in [-0.05, 0) is 36.5 Å². The number of rotatable bonds is 5. The summed E-state index contributed by atoms with van der Waals surface area (Å²) in [5.74, 6) is 0.0129. The zero-order valence-electron chi connectivity index (χ0n) is 10.8. The van der Waals surface area contributed by atoms with Crippen LogP contribution in [0.4, 0.5) is 19.0 Å². The molecular weight excluding hydrogens is 271 g/mol. The van der Waals surface area contributed by atoms with Crippen molar-refractivity contribution in [3.05, 3.63) is 23.9 Å². The fourth-order valence-corrected chi connectivity index (χ4v) is 2.06. The predicted octanol–water partition coefficient (Wildman–Crippen LogP) is 2.57. The maximum Gasteiger partial charge on any atom is 0.389 e. The van der Waals surface area contributed by atoms with Crippen molar-refractivity contribution in [3.63, 3.8) is 0 Å². The molecule has 0 bridgehead atoms. The van der Waals surface area contributed by atoms with Crippen LogP contribution in [0.2, 0.25) is 0 Å². The lowest BCUT2D eigenvalue weighted by molar-refractivity contribution is -0.144. The van der Waals surface area contributed by atoms with Crippen LogP contribution in [0, 0.1) is 5.92 Å². The van der Waals surface area contributed by atoms with E-state index in [1.807, 2.05) is 0 Å². The minimum absolute atomic E-state index is 0.270. The van der Waals surface area contributed by atoms with Crippen molar-refractivity contribution in [2.24, 2.45) is 5.92 Å². The van der Waals surface area contributed by atoms with Gasteiger partial charge in [-0.25, -0.2) is 4.98 Å². The maximum absolute atomic E-state index is 12.1. The zero-order chi connectivity index (χ0) is 14.8. The summed E-state index contributed by atoms with van der Waals surface area (Å²) < 4.78 is 36.3. The van der Waals surface area contributed by atoms with Crippen LogP contribution in [0.3, 0.4) is 0 Å². The summed E-state index contributed by atoms with van der Waals surface area (Å²) in [6, 6.07) is 3.09. The van der Waals surface area contributed by atoms with Gasteiger partial charge in [0.25, 0.3) is 0 Å². The molecule has 0 saturated heterocycles. The molecule has 1 fully saturated rings. The minimum atomic E-state index is -4.31. The van der Waals surface area contributed by atoms with Crippen LogP contribution in [-0.4, -0.2) is 17.1 Å². The summed E-state index contributed by atoms with van der Waals surface area (Å²) in [6.07, 6.45) is -2.53. The SMILES string of the molecule is Nc1cc(C(NC(=O)CCC(F)(F)F)C2CC2)ccn1. The van der Waals surface area contributed by atoms with Crippen LogP contribution in [0.5, 0.6) is 0 Å². The van der Waals surface area contributed by atoms with Crippen molar-refractivity contribution < 1.29 is 18.0 Å². The van der Waals surface area contributed by atoms with Gasteiger partial charge in [-0.1, -0.05) is 0 Å². The number of nitrogens with zero attached hydrogens (tertiary/aromatic N) is 1. The maximum atomic E-state index is 12.1. The van der Waals surface area contributed by atoms with Crippen LogP contribution in [0.15, 0.2) is 18.3 Å². The molecule has 1 aromatic heterocycles. The number of carbonyl (C=O) groups is 1. The average molecular weight is 287 g/mol. The first-order valence-electron chi connectivity index (χ1n) is 6.43. The van der Waals surface area contributed by atoms with Gasteiger partial charge in [0.1, 0.15) is 5.82 Å². The van der Waals surface area contributed by atoms with E-state index in [0.717, 1.165) is 18.4 Å². The van der Waals surface area contributed by atoms with Gasteiger partial charge in [0.2, 0.25) is 5.91 Å². The van der Waals surface area contributed by atoms with E-state index in [9.17, 15) is 18.0 Å². The second kappa shape index (κ2) is 5.68. The van der Waals surface area contributed by atoms with E-state index in [0.29, 0.717) is 5.82 Å². The summed E-state index contributed by atoms with van der Waals surface area (Å²) in [5, 5.41) is 2.67. The number of nitrogen functional groups attached to an aromatic ring is 1. The molecule has 20 heavy (non-hydrogen) atoms. The molecule has 0 spiro atoms. The van der Waals surface area contributed by atoms with Crippen molar-refractivity contribution in [3.8, 4) is 0 Å². The highest BCUT2D eigenvalue weighted by molar-refractivity contribution is 5.76. The molecule has 2 rings (SSSR count). The number of hydrogen-bond acceptors (Lipinski definition) is 3. The third kappa shape index (κ3) is 4.40. The van der Waals surface area contributed by atoms with Crippen LogP contribution in [0.25, 0.3) is 0 Å². The largest absolute Gasteiger partial charge is 0.389 e. The van der Waals surface area contributed by atoms with Gasteiger partial charge in [0, 0.05) is 12.6 Å². The zero-order valence-corrected chi connectivity index (χ0v) is 10.8. The number of halogens is 3. The topological polar surface area (TPSA) is 68.0 Å². The molecule has 1 aliphatic rings. The predicted molar refractivity (Wildman–Crippen MR) is 67.5 cm³/mol. The quantitative estimate of drug-likeness (QED) is 0.874. The van der Waals surface area contributed by atoms with Crippen LogP contribution in [-0.2, 0) is 4.79 Å². The van der Waals surface area contributed by atoms with Crippen molar-refractivity contribution in [2.45, 2.75) is 37.9 Å². The minimum Gasteiger partial charge on any atom is -0.384 e. The molecule has 1 saturated carbocycles. The highest BCUT2D eigenvalue weighted by Crippen LogP contribution is 2.41. The summed E-state index contributed by atoms with van der Waals surface area (Å²) in [6.45, 7) is 0. The monoisotopic (exact) mass is 287 g/mol. The van der Waals surface area contributed by atoms with E-state index in [4.69, 9.17) is 5.73 Å². The van der Waals surface area contributed by atoms with Gasteiger partial charge in [-0.3, -0.25) is 4.79 Å². The molecule has 4 nitrogen and oxygen atoms in total. The first-order valence-corrected chi connectivity index (χ1v) is 6.43. The lowest BCUT2D eigenvalue weighted by atomic mass is 10.0. The number of anilines is 1. The standard InChI is InChI=1S/C13H16F3N3O/c14-13(15,16)5-3-11(20)19-12(8-1-2-8)9-4-6-18-10(17)7-9/h4,6-8,12H,1-3,5H2,(H2,17,18)(H,19,20).